The van der Waals surface area contributed by atoms with Gasteiger partial charge >= 0.3 is 0 Å². The van der Waals surface area contributed by atoms with Gasteiger partial charge in [-0.05, 0) is 25.1 Å². The van der Waals surface area contributed by atoms with Crippen molar-refractivity contribution >= 4 is 27.3 Å². The van der Waals surface area contributed by atoms with Crippen LogP contribution in [0.1, 0.15) is 6.92 Å². The third-order valence-electron chi connectivity index (χ3n) is 2.95. The smallest absolute Gasteiger partial charge is 0.242 e. The molecule has 0 saturated carbocycles. The molecule has 118 valence electrons. The van der Waals surface area contributed by atoms with Crippen molar-refractivity contribution in [3.63, 3.8) is 0 Å². The number of hydrogen-bond acceptors (Lipinski definition) is 5. The SMILES string of the molecule is CCNC(=O)CN(C)c1cc(S(=O)(=O)N(C)C)ccc1N. The first-order chi connectivity index (χ1) is 9.70. The molecule has 0 radical (unpaired) electrons. The Bertz CT molecular complexity index is 614. The van der Waals surface area contributed by atoms with Gasteiger partial charge in [0.25, 0.3) is 0 Å². The Hall–Kier alpha value is -1.80. The topological polar surface area (TPSA) is 95.7 Å². The normalized spacial score (nSPS) is 11.5. The fraction of sp³-hybridized carbons (Fsp3) is 0.462. The molecular formula is C13H22N4O3S. The molecule has 0 bridgehead atoms. The molecule has 0 aliphatic carbocycles. The van der Waals surface area contributed by atoms with Gasteiger partial charge in [0.15, 0.2) is 0 Å². The van der Waals surface area contributed by atoms with Crippen LogP contribution in [0.2, 0.25) is 0 Å². The molecule has 1 amide bonds. The number of sulfonamides is 1. The zero-order valence-corrected chi connectivity index (χ0v) is 13.6. The molecule has 0 heterocycles. The highest BCUT2D eigenvalue weighted by Gasteiger charge is 2.19. The fourth-order valence-corrected chi connectivity index (χ4v) is 2.70. The molecule has 0 unspecified atom stereocenters. The van der Waals surface area contributed by atoms with Gasteiger partial charge in [0, 0.05) is 27.7 Å². The molecule has 1 aromatic carbocycles. The molecule has 0 aliphatic heterocycles. The van der Waals surface area contributed by atoms with Crippen molar-refractivity contribution in [3.05, 3.63) is 18.2 Å². The maximum atomic E-state index is 12.1. The van der Waals surface area contributed by atoms with Crippen molar-refractivity contribution in [2.45, 2.75) is 11.8 Å². The molecule has 21 heavy (non-hydrogen) atoms. The van der Waals surface area contributed by atoms with Gasteiger partial charge in [-0.2, -0.15) is 0 Å². The number of likely N-dealkylation sites (N-methyl/N-ethyl adjacent to an activating group) is 2. The fourth-order valence-electron chi connectivity index (χ4n) is 1.78. The Morgan fingerprint density at radius 2 is 1.90 bits per heavy atom. The first-order valence-corrected chi connectivity index (χ1v) is 7.94. The quantitative estimate of drug-likeness (QED) is 0.726. The third kappa shape index (κ3) is 4.08. The van der Waals surface area contributed by atoms with E-state index >= 15 is 0 Å². The average Bonchev–Trinajstić information content (AvgIpc) is 2.38. The summed E-state index contributed by atoms with van der Waals surface area (Å²) in [5.41, 5.74) is 6.80. The highest BCUT2D eigenvalue weighted by Crippen LogP contribution is 2.26. The van der Waals surface area contributed by atoms with Crippen molar-refractivity contribution in [2.75, 3.05) is 44.9 Å². The number of nitrogens with two attached hydrogens (primary N) is 1. The second-order valence-corrected chi connectivity index (χ2v) is 6.97. The lowest BCUT2D eigenvalue weighted by Gasteiger charge is -2.22. The number of rotatable bonds is 6. The van der Waals surface area contributed by atoms with Crippen LogP contribution in [0.25, 0.3) is 0 Å². The van der Waals surface area contributed by atoms with Crippen LogP contribution in [-0.2, 0) is 14.8 Å². The van der Waals surface area contributed by atoms with Crippen molar-refractivity contribution in [1.29, 1.82) is 0 Å². The van der Waals surface area contributed by atoms with E-state index in [2.05, 4.69) is 5.32 Å². The molecule has 7 nitrogen and oxygen atoms in total. The van der Waals surface area contributed by atoms with Gasteiger partial charge in [-0.3, -0.25) is 4.79 Å². The summed E-state index contributed by atoms with van der Waals surface area (Å²) in [7, 11) is 1.07. The minimum atomic E-state index is -3.54. The predicted octanol–water partition coefficient (Wildman–Crippen LogP) is 0.0914. The van der Waals surface area contributed by atoms with E-state index < -0.39 is 10.0 Å². The highest BCUT2D eigenvalue weighted by atomic mass is 32.2. The van der Waals surface area contributed by atoms with Crippen LogP contribution < -0.4 is 16.0 Å². The lowest BCUT2D eigenvalue weighted by atomic mass is 10.2. The first kappa shape index (κ1) is 17.3. The summed E-state index contributed by atoms with van der Waals surface area (Å²) in [5.74, 6) is -0.153. The zero-order chi connectivity index (χ0) is 16.2. The molecule has 0 spiro atoms. The van der Waals surface area contributed by atoms with Crippen LogP contribution in [0.4, 0.5) is 11.4 Å². The van der Waals surface area contributed by atoms with E-state index in [1.165, 1.54) is 32.3 Å². The number of carbonyl (C=O) groups is 1. The van der Waals surface area contributed by atoms with E-state index in [9.17, 15) is 13.2 Å². The second kappa shape index (κ2) is 6.77. The van der Waals surface area contributed by atoms with Crippen molar-refractivity contribution < 1.29 is 13.2 Å². The van der Waals surface area contributed by atoms with Crippen LogP contribution >= 0.6 is 0 Å². The third-order valence-corrected chi connectivity index (χ3v) is 4.76. The summed E-state index contributed by atoms with van der Waals surface area (Å²) in [4.78, 5) is 13.4. The molecule has 0 atom stereocenters. The number of benzene rings is 1. The predicted molar refractivity (Wildman–Crippen MR) is 83.7 cm³/mol. The summed E-state index contributed by atoms with van der Waals surface area (Å²) in [6.45, 7) is 2.47. The van der Waals surface area contributed by atoms with Crippen LogP contribution in [0.15, 0.2) is 23.1 Å². The Kier molecular flexibility index (Phi) is 5.56. The molecular weight excluding hydrogens is 292 g/mol. The Morgan fingerprint density at radius 3 is 2.43 bits per heavy atom. The molecule has 0 fully saturated rings. The van der Waals surface area contributed by atoms with E-state index in [4.69, 9.17) is 5.73 Å². The number of anilines is 2. The molecule has 0 aromatic heterocycles. The minimum absolute atomic E-state index is 0.101. The number of amides is 1. The van der Waals surface area contributed by atoms with Crippen LogP contribution in [0.5, 0.6) is 0 Å². The lowest BCUT2D eigenvalue weighted by Crippen LogP contribution is -2.35. The van der Waals surface area contributed by atoms with Gasteiger partial charge in [-0.25, -0.2) is 12.7 Å². The van der Waals surface area contributed by atoms with E-state index in [-0.39, 0.29) is 17.3 Å². The van der Waals surface area contributed by atoms with E-state index in [1.54, 1.807) is 11.9 Å². The Morgan fingerprint density at radius 1 is 1.29 bits per heavy atom. The van der Waals surface area contributed by atoms with Crippen molar-refractivity contribution in [3.8, 4) is 0 Å². The van der Waals surface area contributed by atoms with Crippen LogP contribution in [-0.4, -0.2) is 52.9 Å². The van der Waals surface area contributed by atoms with Crippen molar-refractivity contribution in [1.82, 2.24) is 9.62 Å². The van der Waals surface area contributed by atoms with E-state index in [0.29, 0.717) is 17.9 Å². The van der Waals surface area contributed by atoms with Gasteiger partial charge < -0.3 is 16.0 Å². The molecule has 3 N–H and O–H groups in total. The van der Waals surface area contributed by atoms with Gasteiger partial charge in [0.1, 0.15) is 0 Å². The summed E-state index contributed by atoms with van der Waals surface area (Å²) in [6, 6.07) is 4.46. The molecule has 0 saturated heterocycles. The number of carbonyl (C=O) groups excluding carboxylic acids is 1. The summed E-state index contributed by atoms with van der Waals surface area (Å²) >= 11 is 0. The maximum absolute atomic E-state index is 12.1. The van der Waals surface area contributed by atoms with Gasteiger partial charge in [-0.1, -0.05) is 0 Å². The molecule has 1 rings (SSSR count). The number of nitrogen functional groups attached to an aromatic ring is 1. The lowest BCUT2D eigenvalue weighted by molar-refractivity contribution is -0.119. The largest absolute Gasteiger partial charge is 0.397 e. The first-order valence-electron chi connectivity index (χ1n) is 6.50. The number of hydrogen-bond donors (Lipinski definition) is 2. The minimum Gasteiger partial charge on any atom is -0.397 e. The maximum Gasteiger partial charge on any atom is 0.242 e. The van der Waals surface area contributed by atoms with Crippen molar-refractivity contribution in [2.24, 2.45) is 0 Å². The standard InChI is InChI=1S/C13H22N4O3S/c1-5-15-13(18)9-17(4)12-8-10(6-7-11(12)14)21(19,20)16(2)3/h6-8H,5,9,14H2,1-4H3,(H,15,18). The zero-order valence-electron chi connectivity index (χ0n) is 12.8. The molecule has 0 aliphatic rings. The number of nitrogens with zero attached hydrogens (tertiary/aromatic N) is 2. The van der Waals surface area contributed by atoms with Gasteiger partial charge in [-0.15, -0.1) is 0 Å². The highest BCUT2D eigenvalue weighted by molar-refractivity contribution is 7.89. The Labute approximate surface area is 125 Å². The van der Waals surface area contributed by atoms with Crippen LogP contribution in [0, 0.1) is 0 Å². The second-order valence-electron chi connectivity index (χ2n) is 4.82. The summed E-state index contributed by atoms with van der Waals surface area (Å²) < 4.78 is 25.4. The van der Waals surface area contributed by atoms with Gasteiger partial charge in [0.2, 0.25) is 15.9 Å². The monoisotopic (exact) mass is 314 g/mol. The van der Waals surface area contributed by atoms with Gasteiger partial charge in [0.05, 0.1) is 22.8 Å². The van der Waals surface area contributed by atoms with E-state index in [1.807, 2.05) is 6.92 Å². The van der Waals surface area contributed by atoms with E-state index in [0.717, 1.165) is 4.31 Å². The summed E-state index contributed by atoms with van der Waals surface area (Å²) in [6.07, 6.45) is 0. The summed E-state index contributed by atoms with van der Waals surface area (Å²) in [5, 5.41) is 2.68. The average molecular weight is 314 g/mol. The van der Waals surface area contributed by atoms with Crippen LogP contribution in [0.3, 0.4) is 0 Å². The molecule has 8 heteroatoms. The molecule has 1 aromatic rings. The number of nitrogens with one attached hydrogen (secondary N) is 1. The Balaban J connectivity index is 3.11.